The van der Waals surface area contributed by atoms with E-state index in [1.807, 2.05) is 43.3 Å². The van der Waals surface area contributed by atoms with E-state index in [-0.39, 0.29) is 0 Å². The first-order valence-electron chi connectivity index (χ1n) is 4.10. The van der Waals surface area contributed by atoms with Gasteiger partial charge in [0, 0.05) is 25.3 Å². The summed E-state index contributed by atoms with van der Waals surface area (Å²) >= 11 is 0. The Kier molecular flexibility index (Phi) is 5.94. The van der Waals surface area contributed by atoms with Crippen LogP contribution in [0.1, 0.15) is 10.4 Å². The highest BCUT2D eigenvalue weighted by molar-refractivity contribution is 5.75. The molecule has 1 aromatic rings. The highest BCUT2D eigenvalue weighted by atomic mass is 35.7. The molecule has 0 atom stereocenters. The fourth-order valence-electron chi connectivity index (χ4n) is 0.851. The molecular formula is C9H12ClNO5. The fraction of sp³-hybridized carbons (Fsp3) is 0.222. The molecule has 0 aliphatic carbocycles. The Morgan fingerprint density at radius 1 is 1.19 bits per heavy atom. The summed E-state index contributed by atoms with van der Waals surface area (Å²) < 4.78 is 32.7. The lowest BCUT2D eigenvalue weighted by molar-refractivity contribution is -1.92. The molecule has 0 aromatic heterocycles. The number of carbonyl (C=O) groups excluding carboxylic acids is 1. The normalized spacial score (nSPS) is 10.1. The molecule has 1 aromatic carbocycles. The van der Waals surface area contributed by atoms with Crippen LogP contribution in [0.25, 0.3) is 0 Å². The first-order chi connectivity index (χ1) is 7.24. The molecule has 0 fully saturated rings. The molecule has 0 unspecified atom stereocenters. The smallest absolute Gasteiger partial charge is 0.150 e. The summed E-state index contributed by atoms with van der Waals surface area (Å²) in [5, 5.41) is 0. The molecule has 0 saturated heterocycles. The lowest BCUT2D eigenvalue weighted by atomic mass is 10.2. The maximum atomic E-state index is 10.3. The Morgan fingerprint density at radius 2 is 1.56 bits per heavy atom. The van der Waals surface area contributed by atoms with E-state index in [9.17, 15) is 4.79 Å². The van der Waals surface area contributed by atoms with Crippen molar-refractivity contribution in [3.05, 3.63) is 29.8 Å². The van der Waals surface area contributed by atoms with Crippen LogP contribution < -0.4 is 18.9 Å². The Morgan fingerprint density at radius 3 is 1.81 bits per heavy atom. The average Bonchev–Trinajstić information content (AvgIpc) is 2.15. The van der Waals surface area contributed by atoms with E-state index in [0.29, 0.717) is 0 Å². The average molecular weight is 250 g/mol. The van der Waals surface area contributed by atoms with E-state index in [0.717, 1.165) is 17.5 Å². The van der Waals surface area contributed by atoms with E-state index < -0.39 is 10.2 Å². The zero-order chi connectivity index (χ0) is 12.8. The van der Waals surface area contributed by atoms with Crippen LogP contribution in [0, 0.1) is 10.2 Å². The molecule has 0 heterocycles. The molecule has 0 aliphatic heterocycles. The first kappa shape index (κ1) is 14.8. The molecule has 0 bridgehead atoms. The summed E-state index contributed by atoms with van der Waals surface area (Å²) in [6.45, 7) is 0. The highest BCUT2D eigenvalue weighted by Crippen LogP contribution is 2.10. The van der Waals surface area contributed by atoms with Crippen molar-refractivity contribution < 1.29 is 33.7 Å². The minimum absolute atomic E-state index is 0.718. The quantitative estimate of drug-likeness (QED) is 0.578. The van der Waals surface area contributed by atoms with Crippen molar-refractivity contribution in [3.8, 4) is 0 Å². The number of nitrogens with zero attached hydrogens (tertiary/aromatic N) is 1. The maximum absolute atomic E-state index is 10.3. The van der Waals surface area contributed by atoms with Crippen LogP contribution in [-0.4, -0.2) is 25.0 Å². The van der Waals surface area contributed by atoms with Gasteiger partial charge in [-0.15, -0.1) is 0 Å². The van der Waals surface area contributed by atoms with Crippen LogP contribution in [0.5, 0.6) is 0 Å². The van der Waals surface area contributed by atoms with Gasteiger partial charge < -0.3 is 4.90 Å². The van der Waals surface area contributed by atoms with Gasteiger partial charge in [-0.25, -0.2) is 0 Å². The van der Waals surface area contributed by atoms with Gasteiger partial charge >= 0.3 is 0 Å². The summed E-state index contributed by atoms with van der Waals surface area (Å²) in [6.07, 6.45) is 0.847. The molecule has 16 heavy (non-hydrogen) atoms. The van der Waals surface area contributed by atoms with Crippen LogP contribution in [0.15, 0.2) is 24.3 Å². The third-order valence-electron chi connectivity index (χ3n) is 1.55. The van der Waals surface area contributed by atoms with Crippen molar-refractivity contribution in [1.82, 2.24) is 0 Å². The lowest BCUT2D eigenvalue weighted by Crippen LogP contribution is -2.58. The highest BCUT2D eigenvalue weighted by Gasteiger charge is 1.98. The molecule has 1 N–H and O–H groups in total. The SMILES string of the molecule is CN(C)c1ccc(C=O)cc1.[O-][Cl+3]([O-])([O-])O. The van der Waals surface area contributed by atoms with Gasteiger partial charge in [-0.2, -0.15) is 14.0 Å². The molecule has 6 nitrogen and oxygen atoms in total. The molecule has 0 saturated carbocycles. The number of hydrogen-bond donors (Lipinski definition) is 1. The van der Waals surface area contributed by atoms with E-state index >= 15 is 0 Å². The molecule has 90 valence electrons. The summed E-state index contributed by atoms with van der Waals surface area (Å²) in [4.78, 5) is 12.3. The van der Waals surface area contributed by atoms with Crippen molar-refractivity contribution >= 4 is 12.0 Å². The van der Waals surface area contributed by atoms with Crippen molar-refractivity contribution in [3.63, 3.8) is 0 Å². The molecule has 7 heteroatoms. The van der Waals surface area contributed by atoms with Gasteiger partial charge in [0.05, 0.1) is 14.9 Å². The van der Waals surface area contributed by atoms with Crippen LogP contribution in [0.4, 0.5) is 5.69 Å². The second kappa shape index (κ2) is 6.41. The standard InChI is InChI=1S/C9H11NO.ClHO4/c1-10(2)9-5-3-8(7-11)4-6-9;2-1(3,4)5/h3-7H,1-2H3;(H,2,3,4,5). The summed E-state index contributed by atoms with van der Waals surface area (Å²) in [5.74, 6) is 0. The largest absolute Gasteiger partial charge is 0.378 e. The van der Waals surface area contributed by atoms with Crippen LogP contribution in [0.2, 0.25) is 0 Å². The van der Waals surface area contributed by atoms with E-state index in [1.54, 1.807) is 0 Å². The monoisotopic (exact) mass is 249 g/mol. The predicted molar refractivity (Wildman–Crippen MR) is 48.4 cm³/mol. The zero-order valence-corrected chi connectivity index (χ0v) is 9.55. The van der Waals surface area contributed by atoms with Crippen LogP contribution in [-0.2, 0) is 0 Å². The second-order valence-electron chi connectivity index (χ2n) is 3.00. The van der Waals surface area contributed by atoms with Gasteiger partial charge in [-0.05, 0) is 24.3 Å². The summed E-state index contributed by atoms with van der Waals surface area (Å²) in [6, 6.07) is 7.46. The van der Waals surface area contributed by atoms with E-state index in [4.69, 9.17) is 18.6 Å². The third-order valence-corrected chi connectivity index (χ3v) is 1.55. The molecule has 0 radical (unpaired) electrons. The number of rotatable bonds is 2. The van der Waals surface area contributed by atoms with Gasteiger partial charge in [0.25, 0.3) is 0 Å². The van der Waals surface area contributed by atoms with Crippen molar-refractivity contribution in [2.75, 3.05) is 19.0 Å². The summed E-state index contributed by atoms with van der Waals surface area (Å²) in [5.41, 5.74) is 1.83. The third kappa shape index (κ3) is 8.16. The van der Waals surface area contributed by atoms with E-state index in [1.165, 1.54) is 0 Å². The summed E-state index contributed by atoms with van der Waals surface area (Å²) in [7, 11) is -0.758. The molecule has 1 rings (SSSR count). The molecular weight excluding hydrogens is 238 g/mol. The Balaban J connectivity index is 0.000000385. The van der Waals surface area contributed by atoms with Gasteiger partial charge in [-0.1, -0.05) is 0 Å². The van der Waals surface area contributed by atoms with Crippen molar-refractivity contribution in [1.29, 1.82) is 0 Å². The van der Waals surface area contributed by atoms with Crippen LogP contribution >= 0.6 is 0 Å². The van der Waals surface area contributed by atoms with E-state index in [2.05, 4.69) is 0 Å². The molecule has 0 spiro atoms. The zero-order valence-electron chi connectivity index (χ0n) is 8.79. The molecule has 0 aliphatic rings. The predicted octanol–water partition coefficient (Wildman–Crippen LogP) is -2.56. The first-order valence-corrected chi connectivity index (χ1v) is 5.36. The van der Waals surface area contributed by atoms with Gasteiger partial charge in [0.2, 0.25) is 0 Å². The Labute approximate surface area is 95.1 Å². The van der Waals surface area contributed by atoms with Gasteiger partial charge in [0.1, 0.15) is 6.29 Å². The topological polar surface area (TPSA) is 110 Å². The number of halogens is 1. The number of hydrogen-bond acceptors (Lipinski definition) is 6. The van der Waals surface area contributed by atoms with Crippen LogP contribution in [0.3, 0.4) is 0 Å². The molecule has 0 amide bonds. The van der Waals surface area contributed by atoms with Crippen molar-refractivity contribution in [2.45, 2.75) is 0 Å². The minimum atomic E-state index is -4.69. The van der Waals surface area contributed by atoms with Gasteiger partial charge in [0.15, 0.2) is 0 Å². The number of anilines is 1. The Bertz CT molecular complexity index is 314. The minimum Gasteiger partial charge on any atom is -0.378 e. The fourth-order valence-corrected chi connectivity index (χ4v) is 0.851. The Hall–Kier alpha value is -1.18. The van der Waals surface area contributed by atoms with Crippen molar-refractivity contribution in [2.24, 2.45) is 0 Å². The lowest BCUT2D eigenvalue weighted by Gasteiger charge is -2.11. The number of aldehydes is 1. The number of carbonyl (C=O) groups is 1. The van der Waals surface area contributed by atoms with Gasteiger partial charge in [-0.3, -0.25) is 4.79 Å². The maximum Gasteiger partial charge on any atom is 0.150 e. The second-order valence-corrected chi connectivity index (χ2v) is 3.79. The number of benzene rings is 1.